The Bertz CT molecular complexity index is 980. The molecule has 142 valence electrons. The fourth-order valence-corrected chi connectivity index (χ4v) is 3.65. The fourth-order valence-electron chi connectivity index (χ4n) is 2.76. The van der Waals surface area contributed by atoms with E-state index in [0.717, 1.165) is 33.4 Å². The molecule has 1 heterocycles. The molecule has 0 radical (unpaired) electrons. The van der Waals surface area contributed by atoms with Crippen LogP contribution in [0, 0.1) is 6.92 Å². The van der Waals surface area contributed by atoms with Crippen LogP contribution in [0.3, 0.4) is 0 Å². The number of hydrogen-bond donors (Lipinski definition) is 1. The van der Waals surface area contributed by atoms with Crippen molar-refractivity contribution in [3.8, 4) is 0 Å². The van der Waals surface area contributed by atoms with Crippen LogP contribution in [-0.4, -0.2) is 28.5 Å². The second-order valence-corrected chi connectivity index (χ2v) is 7.48. The summed E-state index contributed by atoms with van der Waals surface area (Å²) in [5, 5.41) is 2.27. The first-order chi connectivity index (χ1) is 13.4. The number of carbonyl (C=O) groups is 3. The molecule has 1 saturated heterocycles. The standard InChI is InChI=1S/C22H20N2O3S/c1-15-7-6-10-18(12-15)23-20(25)14-24-21(26)19(28-22(24)27)13-16(2)11-17-8-4-3-5-9-17/h3-13H,14H2,1-2H3,(H,23,25)/b16-11+,19-13-. The molecule has 0 atom stereocenters. The minimum absolute atomic E-state index is 0.308. The SMILES string of the molecule is CC(/C=C1\SC(=O)N(CC(=O)Nc2cccc(C)c2)C1=O)=C\c1ccccc1. The Kier molecular flexibility index (Phi) is 6.11. The van der Waals surface area contributed by atoms with Crippen LogP contribution < -0.4 is 5.32 Å². The van der Waals surface area contributed by atoms with Crippen molar-refractivity contribution in [1.82, 2.24) is 4.90 Å². The molecule has 1 fully saturated rings. The van der Waals surface area contributed by atoms with Gasteiger partial charge in [-0.1, -0.05) is 48.5 Å². The lowest BCUT2D eigenvalue weighted by Crippen LogP contribution is -2.36. The second kappa shape index (κ2) is 8.71. The van der Waals surface area contributed by atoms with Gasteiger partial charge in [0.25, 0.3) is 11.1 Å². The number of imide groups is 1. The van der Waals surface area contributed by atoms with Gasteiger partial charge < -0.3 is 5.32 Å². The number of nitrogens with zero attached hydrogens (tertiary/aromatic N) is 1. The highest BCUT2D eigenvalue weighted by Gasteiger charge is 2.36. The molecule has 1 N–H and O–H groups in total. The molecule has 3 amide bonds. The van der Waals surface area contributed by atoms with E-state index >= 15 is 0 Å². The van der Waals surface area contributed by atoms with Crippen LogP contribution in [-0.2, 0) is 9.59 Å². The number of rotatable bonds is 5. The third-order valence-electron chi connectivity index (χ3n) is 4.03. The quantitative estimate of drug-likeness (QED) is 0.754. The molecule has 1 aliphatic rings. The summed E-state index contributed by atoms with van der Waals surface area (Å²) < 4.78 is 0. The maximum Gasteiger partial charge on any atom is 0.294 e. The summed E-state index contributed by atoms with van der Waals surface area (Å²) in [5.41, 5.74) is 3.50. The Balaban J connectivity index is 1.67. The van der Waals surface area contributed by atoms with E-state index in [1.54, 1.807) is 12.1 Å². The lowest BCUT2D eigenvalue weighted by Gasteiger charge is -2.12. The Labute approximate surface area is 168 Å². The van der Waals surface area contributed by atoms with Crippen molar-refractivity contribution in [3.05, 3.63) is 82.3 Å². The fraction of sp³-hybridized carbons (Fsp3) is 0.136. The van der Waals surface area contributed by atoms with Crippen LogP contribution in [0.5, 0.6) is 0 Å². The summed E-state index contributed by atoms with van der Waals surface area (Å²) in [7, 11) is 0. The van der Waals surface area contributed by atoms with Crippen LogP contribution in [0.25, 0.3) is 6.08 Å². The normalized spacial score (nSPS) is 16.0. The average molecular weight is 392 g/mol. The number of hydrogen-bond acceptors (Lipinski definition) is 4. The molecule has 28 heavy (non-hydrogen) atoms. The van der Waals surface area contributed by atoms with Crippen molar-refractivity contribution >= 4 is 40.6 Å². The minimum Gasteiger partial charge on any atom is -0.325 e. The van der Waals surface area contributed by atoms with E-state index in [-0.39, 0.29) is 6.54 Å². The third-order valence-corrected chi connectivity index (χ3v) is 4.94. The zero-order valence-electron chi connectivity index (χ0n) is 15.6. The summed E-state index contributed by atoms with van der Waals surface area (Å²) in [6, 6.07) is 17.0. The monoisotopic (exact) mass is 392 g/mol. The number of nitrogens with one attached hydrogen (secondary N) is 1. The van der Waals surface area contributed by atoms with Gasteiger partial charge in [-0.15, -0.1) is 0 Å². The van der Waals surface area contributed by atoms with Gasteiger partial charge in [0.05, 0.1) is 4.91 Å². The summed E-state index contributed by atoms with van der Waals surface area (Å²) in [6.45, 7) is 3.48. The van der Waals surface area contributed by atoms with Gasteiger partial charge in [0.15, 0.2) is 0 Å². The lowest BCUT2D eigenvalue weighted by molar-refractivity contribution is -0.127. The summed E-state index contributed by atoms with van der Waals surface area (Å²) in [4.78, 5) is 38.3. The Hall–Kier alpha value is -3.12. The highest BCUT2D eigenvalue weighted by atomic mass is 32.2. The lowest BCUT2D eigenvalue weighted by atomic mass is 10.1. The van der Waals surface area contributed by atoms with Crippen LogP contribution in [0.15, 0.2) is 71.2 Å². The number of carbonyl (C=O) groups excluding carboxylic acids is 3. The van der Waals surface area contributed by atoms with Gasteiger partial charge in [-0.2, -0.15) is 0 Å². The molecule has 2 aromatic rings. The molecule has 0 aromatic heterocycles. The van der Waals surface area contributed by atoms with Crippen molar-refractivity contribution in [2.24, 2.45) is 0 Å². The molecule has 5 nitrogen and oxygen atoms in total. The molecule has 6 heteroatoms. The third kappa shape index (κ3) is 4.98. The van der Waals surface area contributed by atoms with Crippen LogP contribution >= 0.6 is 11.8 Å². The van der Waals surface area contributed by atoms with Crippen molar-refractivity contribution < 1.29 is 14.4 Å². The molecule has 0 spiro atoms. The van der Waals surface area contributed by atoms with Gasteiger partial charge in [0.2, 0.25) is 5.91 Å². The number of thioether (sulfide) groups is 1. The summed E-state index contributed by atoms with van der Waals surface area (Å²) >= 11 is 0.849. The van der Waals surface area contributed by atoms with Gasteiger partial charge in [0, 0.05) is 5.69 Å². The van der Waals surface area contributed by atoms with Crippen LogP contribution in [0.1, 0.15) is 18.1 Å². The molecular weight excluding hydrogens is 372 g/mol. The number of aryl methyl sites for hydroxylation is 1. The first-order valence-corrected chi connectivity index (χ1v) is 9.59. The molecule has 0 unspecified atom stereocenters. The summed E-state index contributed by atoms with van der Waals surface area (Å²) in [6.07, 6.45) is 3.61. The van der Waals surface area contributed by atoms with Gasteiger partial charge in [0.1, 0.15) is 6.54 Å². The number of amides is 3. The van der Waals surface area contributed by atoms with E-state index in [1.807, 2.05) is 68.5 Å². The maximum atomic E-state index is 12.6. The highest BCUT2D eigenvalue weighted by molar-refractivity contribution is 8.18. The number of benzene rings is 2. The largest absolute Gasteiger partial charge is 0.325 e. The van der Waals surface area contributed by atoms with E-state index in [9.17, 15) is 14.4 Å². The summed E-state index contributed by atoms with van der Waals surface area (Å²) in [5.74, 6) is -0.860. The minimum atomic E-state index is -0.449. The van der Waals surface area contributed by atoms with Gasteiger partial charge >= 0.3 is 0 Å². The first-order valence-electron chi connectivity index (χ1n) is 8.77. The van der Waals surface area contributed by atoms with E-state index in [2.05, 4.69) is 5.32 Å². The number of allylic oxidation sites excluding steroid dienone is 2. The number of anilines is 1. The zero-order chi connectivity index (χ0) is 20.1. The second-order valence-electron chi connectivity index (χ2n) is 6.48. The predicted octanol–water partition coefficient (Wildman–Crippen LogP) is 4.62. The maximum absolute atomic E-state index is 12.6. The zero-order valence-corrected chi connectivity index (χ0v) is 16.5. The van der Waals surface area contributed by atoms with Crippen molar-refractivity contribution in [1.29, 1.82) is 0 Å². The smallest absolute Gasteiger partial charge is 0.294 e. The molecular formula is C22H20N2O3S. The Morgan fingerprint density at radius 3 is 2.57 bits per heavy atom. The van der Waals surface area contributed by atoms with E-state index in [4.69, 9.17) is 0 Å². The van der Waals surface area contributed by atoms with E-state index in [0.29, 0.717) is 10.6 Å². The van der Waals surface area contributed by atoms with Gasteiger partial charge in [-0.05, 0) is 60.5 Å². The topological polar surface area (TPSA) is 66.5 Å². The molecule has 0 aliphatic carbocycles. The van der Waals surface area contributed by atoms with Gasteiger partial charge in [-0.3, -0.25) is 19.3 Å². The first kappa shape index (κ1) is 19.6. The van der Waals surface area contributed by atoms with Crippen molar-refractivity contribution in [2.45, 2.75) is 13.8 Å². The predicted molar refractivity (Wildman–Crippen MR) is 113 cm³/mol. The Morgan fingerprint density at radius 2 is 1.86 bits per heavy atom. The molecule has 0 bridgehead atoms. The molecule has 1 aliphatic heterocycles. The molecule has 3 rings (SSSR count). The van der Waals surface area contributed by atoms with Crippen molar-refractivity contribution in [3.63, 3.8) is 0 Å². The molecule has 2 aromatic carbocycles. The van der Waals surface area contributed by atoms with E-state index in [1.165, 1.54) is 0 Å². The van der Waals surface area contributed by atoms with E-state index < -0.39 is 17.1 Å². The average Bonchev–Trinajstić information content (AvgIpc) is 2.90. The Morgan fingerprint density at radius 1 is 1.11 bits per heavy atom. The van der Waals surface area contributed by atoms with Crippen LogP contribution in [0.2, 0.25) is 0 Å². The van der Waals surface area contributed by atoms with Gasteiger partial charge in [-0.25, -0.2) is 0 Å². The highest BCUT2D eigenvalue weighted by Crippen LogP contribution is 2.31. The van der Waals surface area contributed by atoms with Crippen LogP contribution in [0.4, 0.5) is 10.5 Å². The van der Waals surface area contributed by atoms with Crippen molar-refractivity contribution in [2.75, 3.05) is 11.9 Å². The molecule has 0 saturated carbocycles.